The van der Waals surface area contributed by atoms with Crippen LogP contribution in [0.3, 0.4) is 0 Å². The normalized spacial score (nSPS) is 19.1. The first kappa shape index (κ1) is 11.6. The highest BCUT2D eigenvalue weighted by atomic mass is 16.3. The van der Waals surface area contributed by atoms with Gasteiger partial charge in [0.1, 0.15) is 6.26 Å². The zero-order valence-electron chi connectivity index (χ0n) is 9.85. The van der Waals surface area contributed by atoms with Crippen LogP contribution in [-0.4, -0.2) is 41.2 Å². The average Bonchev–Trinajstić information content (AvgIpc) is 2.96. The van der Waals surface area contributed by atoms with Crippen molar-refractivity contribution >= 4 is 0 Å². The van der Waals surface area contributed by atoms with Crippen molar-refractivity contribution < 1.29 is 9.52 Å². The average molecular weight is 224 g/mol. The molecule has 1 atom stereocenters. The predicted molar refractivity (Wildman–Crippen MR) is 61.4 cm³/mol. The van der Waals surface area contributed by atoms with Crippen LogP contribution in [0.25, 0.3) is 0 Å². The van der Waals surface area contributed by atoms with Crippen LogP contribution >= 0.6 is 0 Å². The first-order valence-electron chi connectivity index (χ1n) is 6.07. The smallest absolute Gasteiger partial charge is 0.195 e. The second-order valence-electron chi connectivity index (χ2n) is 4.55. The lowest BCUT2D eigenvalue weighted by atomic mass is 10.1. The van der Waals surface area contributed by atoms with Crippen molar-refractivity contribution in [1.29, 1.82) is 0 Å². The molecule has 90 valence electrons. The summed E-state index contributed by atoms with van der Waals surface area (Å²) in [5.41, 5.74) is 0.860. The third kappa shape index (κ3) is 2.83. The maximum atomic E-state index is 9.01. The molecule has 1 aromatic heterocycles. The molecule has 0 aromatic carbocycles. The molecule has 0 amide bonds. The predicted octanol–water partition coefficient (Wildman–Crippen LogP) is 1.41. The lowest BCUT2D eigenvalue weighted by molar-refractivity contribution is 0.271. The maximum Gasteiger partial charge on any atom is 0.195 e. The lowest BCUT2D eigenvalue weighted by Gasteiger charge is -2.12. The third-order valence-electron chi connectivity index (χ3n) is 3.19. The van der Waals surface area contributed by atoms with Crippen LogP contribution in [-0.2, 0) is 6.42 Å². The van der Waals surface area contributed by atoms with Crippen molar-refractivity contribution in [1.82, 2.24) is 9.88 Å². The molecule has 1 aliphatic heterocycles. The van der Waals surface area contributed by atoms with Crippen molar-refractivity contribution in [2.45, 2.75) is 32.1 Å². The number of likely N-dealkylation sites (tertiary alicyclic amines) is 1. The Morgan fingerprint density at radius 3 is 2.94 bits per heavy atom. The van der Waals surface area contributed by atoms with Crippen molar-refractivity contribution in [2.24, 2.45) is 0 Å². The van der Waals surface area contributed by atoms with E-state index in [0.717, 1.165) is 24.6 Å². The van der Waals surface area contributed by atoms with E-state index in [-0.39, 0.29) is 12.5 Å². The molecule has 1 aromatic rings. The molecule has 0 aliphatic carbocycles. The number of nitrogens with zero attached hydrogens (tertiary/aromatic N) is 2. The number of aliphatic hydroxyl groups is 1. The minimum Gasteiger partial charge on any atom is -0.449 e. The van der Waals surface area contributed by atoms with Gasteiger partial charge >= 0.3 is 0 Å². The van der Waals surface area contributed by atoms with Crippen LogP contribution in [0.2, 0.25) is 0 Å². The molecule has 0 radical (unpaired) electrons. The molecule has 2 heterocycles. The van der Waals surface area contributed by atoms with Crippen molar-refractivity contribution in [3.63, 3.8) is 0 Å². The number of hydrogen-bond donors (Lipinski definition) is 1. The van der Waals surface area contributed by atoms with Crippen LogP contribution in [0.5, 0.6) is 0 Å². The Balaban J connectivity index is 1.82. The molecular weight excluding hydrogens is 204 g/mol. The fourth-order valence-electron chi connectivity index (χ4n) is 2.02. The highest BCUT2D eigenvalue weighted by Crippen LogP contribution is 2.15. The van der Waals surface area contributed by atoms with E-state index in [4.69, 9.17) is 9.52 Å². The number of rotatable bonds is 5. The Hall–Kier alpha value is -0.870. The molecule has 4 heteroatoms. The van der Waals surface area contributed by atoms with Crippen molar-refractivity contribution in [3.8, 4) is 0 Å². The summed E-state index contributed by atoms with van der Waals surface area (Å²) in [5.74, 6) is 0.867. The second-order valence-corrected chi connectivity index (χ2v) is 4.55. The standard InChI is InChI=1S/C12H20N2O2/c1-10(8-15)11-9-16-12(13-11)4-7-14-5-2-3-6-14/h9-10,15H,2-8H2,1H3. The van der Waals surface area contributed by atoms with E-state index in [1.54, 1.807) is 6.26 Å². The van der Waals surface area contributed by atoms with Gasteiger partial charge in [-0.1, -0.05) is 6.92 Å². The van der Waals surface area contributed by atoms with Gasteiger partial charge in [0.15, 0.2) is 5.89 Å². The van der Waals surface area contributed by atoms with Crippen LogP contribution in [0.4, 0.5) is 0 Å². The highest BCUT2D eigenvalue weighted by Gasteiger charge is 2.14. The maximum absolute atomic E-state index is 9.01. The largest absolute Gasteiger partial charge is 0.449 e. The van der Waals surface area contributed by atoms with E-state index in [1.165, 1.54) is 25.9 Å². The van der Waals surface area contributed by atoms with Gasteiger partial charge in [0, 0.05) is 18.9 Å². The molecule has 16 heavy (non-hydrogen) atoms. The van der Waals surface area contributed by atoms with E-state index in [0.29, 0.717) is 0 Å². The molecule has 0 saturated carbocycles. The van der Waals surface area contributed by atoms with Gasteiger partial charge in [-0.25, -0.2) is 4.98 Å². The fourth-order valence-corrected chi connectivity index (χ4v) is 2.02. The summed E-state index contributed by atoms with van der Waals surface area (Å²) >= 11 is 0. The quantitative estimate of drug-likeness (QED) is 0.821. The summed E-state index contributed by atoms with van der Waals surface area (Å²) in [4.78, 5) is 6.83. The third-order valence-corrected chi connectivity index (χ3v) is 3.19. The first-order chi connectivity index (χ1) is 7.79. The van der Waals surface area contributed by atoms with E-state index < -0.39 is 0 Å². The first-order valence-corrected chi connectivity index (χ1v) is 6.07. The Bertz CT molecular complexity index is 319. The SMILES string of the molecule is CC(CO)c1coc(CCN2CCCC2)n1. The van der Waals surface area contributed by atoms with Crippen LogP contribution < -0.4 is 0 Å². The summed E-state index contributed by atoms with van der Waals surface area (Å²) in [6.07, 6.45) is 5.18. The Labute approximate surface area is 96.3 Å². The van der Waals surface area contributed by atoms with Crippen LogP contribution in [0.1, 0.15) is 37.3 Å². The minimum atomic E-state index is 0.0734. The molecule has 4 nitrogen and oxygen atoms in total. The van der Waals surface area contributed by atoms with Gasteiger partial charge in [-0.05, 0) is 25.9 Å². The Morgan fingerprint density at radius 2 is 2.25 bits per heavy atom. The Morgan fingerprint density at radius 1 is 1.50 bits per heavy atom. The topological polar surface area (TPSA) is 49.5 Å². The number of oxazole rings is 1. The van der Waals surface area contributed by atoms with Gasteiger partial charge in [-0.15, -0.1) is 0 Å². The summed E-state index contributed by atoms with van der Waals surface area (Å²) in [6.45, 7) is 5.52. The number of hydrogen-bond acceptors (Lipinski definition) is 4. The number of aromatic nitrogens is 1. The summed E-state index contributed by atoms with van der Waals surface area (Å²) in [7, 11) is 0. The zero-order chi connectivity index (χ0) is 11.4. The van der Waals surface area contributed by atoms with Crippen LogP contribution in [0, 0.1) is 0 Å². The van der Waals surface area contributed by atoms with Gasteiger partial charge in [0.05, 0.1) is 12.3 Å². The van der Waals surface area contributed by atoms with Gasteiger partial charge in [-0.3, -0.25) is 0 Å². The van der Waals surface area contributed by atoms with E-state index in [9.17, 15) is 0 Å². The number of aliphatic hydroxyl groups excluding tert-OH is 1. The van der Waals surface area contributed by atoms with Gasteiger partial charge < -0.3 is 14.4 Å². The van der Waals surface area contributed by atoms with Gasteiger partial charge in [-0.2, -0.15) is 0 Å². The Kier molecular flexibility index (Phi) is 3.96. The molecule has 1 N–H and O–H groups in total. The van der Waals surface area contributed by atoms with E-state index >= 15 is 0 Å². The fraction of sp³-hybridized carbons (Fsp3) is 0.750. The minimum absolute atomic E-state index is 0.0734. The van der Waals surface area contributed by atoms with Gasteiger partial charge in [0.25, 0.3) is 0 Å². The molecule has 1 saturated heterocycles. The van der Waals surface area contributed by atoms with E-state index in [2.05, 4.69) is 9.88 Å². The molecule has 1 aliphatic rings. The van der Waals surface area contributed by atoms with Crippen molar-refractivity contribution in [2.75, 3.05) is 26.2 Å². The summed E-state index contributed by atoms with van der Waals surface area (Å²) in [5, 5.41) is 9.01. The lowest BCUT2D eigenvalue weighted by Crippen LogP contribution is -2.22. The molecular formula is C12H20N2O2. The highest BCUT2D eigenvalue weighted by molar-refractivity contribution is 5.03. The molecule has 1 fully saturated rings. The second kappa shape index (κ2) is 5.46. The molecule has 0 spiro atoms. The monoisotopic (exact) mass is 224 g/mol. The molecule has 1 unspecified atom stereocenters. The summed E-state index contributed by atoms with van der Waals surface area (Å²) < 4.78 is 5.40. The van der Waals surface area contributed by atoms with Crippen molar-refractivity contribution in [3.05, 3.63) is 17.8 Å². The zero-order valence-corrected chi connectivity index (χ0v) is 9.85. The summed E-state index contributed by atoms with van der Waals surface area (Å²) in [6, 6.07) is 0. The van der Waals surface area contributed by atoms with Crippen LogP contribution in [0.15, 0.2) is 10.7 Å². The van der Waals surface area contributed by atoms with E-state index in [1.807, 2.05) is 6.92 Å². The van der Waals surface area contributed by atoms with Gasteiger partial charge in [0.2, 0.25) is 0 Å². The molecule has 2 rings (SSSR count). The molecule has 0 bridgehead atoms.